The quantitative estimate of drug-likeness (QED) is 0.429. The number of hydrogen-bond donors (Lipinski definition) is 0. The minimum Gasteiger partial charge on any atom is -0.305 e. The van der Waals surface area contributed by atoms with E-state index in [1.807, 2.05) is 36.1 Å². The molecule has 1 aliphatic rings. The molecule has 4 rings (SSSR count). The molecular weight excluding hydrogens is 411 g/mol. The molecule has 0 N–H and O–H groups in total. The Morgan fingerprint density at radius 3 is 2.12 bits per heavy atom. The summed E-state index contributed by atoms with van der Waals surface area (Å²) in [5.74, 6) is 0.144. The van der Waals surface area contributed by atoms with Crippen molar-refractivity contribution in [3.8, 4) is 0 Å². The van der Waals surface area contributed by atoms with Gasteiger partial charge in [0.25, 0.3) is 5.91 Å². The van der Waals surface area contributed by atoms with Gasteiger partial charge >= 0.3 is 0 Å². The van der Waals surface area contributed by atoms with Crippen molar-refractivity contribution in [1.29, 1.82) is 0 Å². The summed E-state index contributed by atoms with van der Waals surface area (Å²) in [4.78, 5) is 17.9. The Hall–Kier alpha value is -2.98. The summed E-state index contributed by atoms with van der Waals surface area (Å²) in [7, 11) is 0. The second-order valence-electron chi connectivity index (χ2n) is 9.42. The number of anilines is 1. The molecule has 0 spiro atoms. The van der Waals surface area contributed by atoms with Gasteiger partial charge in [-0.1, -0.05) is 55.8 Å². The second-order valence-corrected chi connectivity index (χ2v) is 9.42. The number of carbonyl (C=O) groups excluding carboxylic acids is 1. The van der Waals surface area contributed by atoms with Crippen molar-refractivity contribution in [1.82, 2.24) is 4.90 Å². The largest absolute Gasteiger partial charge is 0.305 e. The van der Waals surface area contributed by atoms with E-state index in [0.717, 1.165) is 43.7 Å². The van der Waals surface area contributed by atoms with Gasteiger partial charge in [-0.05, 0) is 73.2 Å². The molecule has 0 aromatic heterocycles. The van der Waals surface area contributed by atoms with Gasteiger partial charge in [-0.3, -0.25) is 9.69 Å². The SMILES string of the molecule is Cc1ccc(N(C(=O)c2ccc(F)cc2)C2CCN(Cc3ccc(C(C)C)cc3)CC2)cc1. The number of halogens is 1. The Bertz CT molecular complexity index is 1050. The van der Waals surface area contributed by atoms with Gasteiger partial charge in [0.1, 0.15) is 5.82 Å². The average Bonchev–Trinajstić information content (AvgIpc) is 2.82. The molecule has 0 saturated carbocycles. The highest BCUT2D eigenvalue weighted by Crippen LogP contribution is 2.27. The van der Waals surface area contributed by atoms with Crippen LogP contribution in [0.2, 0.25) is 0 Å². The van der Waals surface area contributed by atoms with Crippen molar-refractivity contribution < 1.29 is 9.18 Å². The van der Waals surface area contributed by atoms with Gasteiger partial charge in [0.05, 0.1) is 0 Å². The third kappa shape index (κ3) is 5.69. The lowest BCUT2D eigenvalue weighted by Crippen LogP contribution is -2.47. The first-order chi connectivity index (χ1) is 15.9. The van der Waals surface area contributed by atoms with Crippen molar-refractivity contribution in [3.05, 3.63) is 101 Å². The van der Waals surface area contributed by atoms with E-state index in [4.69, 9.17) is 0 Å². The third-order valence-electron chi connectivity index (χ3n) is 6.60. The summed E-state index contributed by atoms with van der Waals surface area (Å²) < 4.78 is 13.4. The monoisotopic (exact) mass is 444 g/mol. The number of likely N-dealkylation sites (tertiary alicyclic amines) is 1. The first-order valence-corrected chi connectivity index (χ1v) is 11.9. The number of rotatable bonds is 6. The van der Waals surface area contributed by atoms with E-state index >= 15 is 0 Å². The zero-order chi connectivity index (χ0) is 23.4. The van der Waals surface area contributed by atoms with Gasteiger partial charge in [-0.2, -0.15) is 0 Å². The van der Waals surface area contributed by atoms with Crippen molar-refractivity contribution in [2.45, 2.75) is 52.1 Å². The predicted molar refractivity (Wildman–Crippen MR) is 133 cm³/mol. The minimum absolute atomic E-state index is 0.0680. The van der Waals surface area contributed by atoms with Gasteiger partial charge in [-0.25, -0.2) is 4.39 Å². The normalized spacial score (nSPS) is 15.1. The molecule has 0 bridgehead atoms. The highest BCUT2D eigenvalue weighted by molar-refractivity contribution is 6.06. The molecule has 1 aliphatic heterocycles. The molecule has 4 heteroatoms. The van der Waals surface area contributed by atoms with E-state index in [-0.39, 0.29) is 17.8 Å². The van der Waals surface area contributed by atoms with Crippen LogP contribution in [-0.4, -0.2) is 29.9 Å². The first kappa shape index (κ1) is 23.2. The Kier molecular flexibility index (Phi) is 7.24. The predicted octanol–water partition coefficient (Wildman–Crippen LogP) is 6.57. The fourth-order valence-corrected chi connectivity index (χ4v) is 4.53. The maximum Gasteiger partial charge on any atom is 0.258 e. The van der Waals surface area contributed by atoms with Crippen molar-refractivity contribution >= 4 is 11.6 Å². The molecule has 0 aliphatic carbocycles. The average molecular weight is 445 g/mol. The first-order valence-electron chi connectivity index (χ1n) is 11.9. The fraction of sp³-hybridized carbons (Fsp3) is 0.345. The number of carbonyl (C=O) groups is 1. The Morgan fingerprint density at radius 2 is 1.55 bits per heavy atom. The van der Waals surface area contributed by atoms with E-state index in [2.05, 4.69) is 43.0 Å². The van der Waals surface area contributed by atoms with Crippen LogP contribution in [0.1, 0.15) is 59.7 Å². The van der Waals surface area contributed by atoms with E-state index in [0.29, 0.717) is 11.5 Å². The topological polar surface area (TPSA) is 23.6 Å². The standard InChI is InChI=1S/C29H33FN2O/c1-21(2)24-8-6-23(7-9-24)20-31-18-16-28(17-19-31)32(27-14-4-22(3)5-15-27)29(33)25-10-12-26(30)13-11-25/h4-15,21,28H,16-20H2,1-3H3. The van der Waals surface area contributed by atoms with Gasteiger partial charge in [0, 0.05) is 36.9 Å². The molecule has 0 unspecified atom stereocenters. The smallest absolute Gasteiger partial charge is 0.258 e. The van der Waals surface area contributed by atoms with Crippen LogP contribution < -0.4 is 4.90 Å². The molecule has 3 aromatic carbocycles. The Morgan fingerprint density at radius 1 is 0.939 bits per heavy atom. The molecule has 33 heavy (non-hydrogen) atoms. The molecule has 172 valence electrons. The van der Waals surface area contributed by atoms with Crippen LogP contribution in [0.5, 0.6) is 0 Å². The van der Waals surface area contributed by atoms with Crippen LogP contribution in [0.3, 0.4) is 0 Å². The summed E-state index contributed by atoms with van der Waals surface area (Å²) in [5.41, 5.74) is 5.27. The number of piperidine rings is 1. The van der Waals surface area contributed by atoms with Crippen LogP contribution >= 0.6 is 0 Å². The number of benzene rings is 3. The number of amides is 1. The van der Waals surface area contributed by atoms with Gasteiger partial charge in [0.15, 0.2) is 0 Å². The van der Waals surface area contributed by atoms with E-state index in [1.165, 1.54) is 23.3 Å². The molecule has 0 atom stereocenters. The number of nitrogens with zero attached hydrogens (tertiary/aromatic N) is 2. The molecule has 0 radical (unpaired) electrons. The number of aryl methyl sites for hydroxylation is 1. The molecule has 1 heterocycles. The lowest BCUT2D eigenvalue weighted by molar-refractivity contribution is 0.0958. The van der Waals surface area contributed by atoms with Crippen LogP contribution in [-0.2, 0) is 6.54 Å². The summed E-state index contributed by atoms with van der Waals surface area (Å²) >= 11 is 0. The third-order valence-corrected chi connectivity index (χ3v) is 6.60. The zero-order valence-corrected chi connectivity index (χ0v) is 19.8. The molecule has 3 aromatic rings. The van der Waals surface area contributed by atoms with Crippen molar-refractivity contribution in [2.75, 3.05) is 18.0 Å². The van der Waals surface area contributed by atoms with Crippen molar-refractivity contribution in [3.63, 3.8) is 0 Å². The van der Waals surface area contributed by atoms with Gasteiger partial charge in [-0.15, -0.1) is 0 Å². The zero-order valence-electron chi connectivity index (χ0n) is 19.8. The maximum atomic E-state index is 13.5. The maximum absolute atomic E-state index is 13.5. The summed E-state index contributed by atoms with van der Waals surface area (Å²) in [6.45, 7) is 9.29. The molecular formula is C29H33FN2O. The lowest BCUT2D eigenvalue weighted by Gasteiger charge is -2.38. The van der Waals surface area contributed by atoms with E-state index < -0.39 is 0 Å². The highest BCUT2D eigenvalue weighted by Gasteiger charge is 2.30. The molecule has 3 nitrogen and oxygen atoms in total. The van der Waals surface area contributed by atoms with Gasteiger partial charge in [0.2, 0.25) is 0 Å². The fourth-order valence-electron chi connectivity index (χ4n) is 4.53. The Balaban J connectivity index is 1.47. The van der Waals surface area contributed by atoms with Crippen molar-refractivity contribution in [2.24, 2.45) is 0 Å². The second kappa shape index (κ2) is 10.3. The summed E-state index contributed by atoms with van der Waals surface area (Å²) in [6.07, 6.45) is 1.82. The van der Waals surface area contributed by atoms with E-state index in [9.17, 15) is 9.18 Å². The number of hydrogen-bond acceptors (Lipinski definition) is 2. The van der Waals surface area contributed by atoms with E-state index in [1.54, 1.807) is 12.1 Å². The molecule has 1 saturated heterocycles. The summed E-state index contributed by atoms with van der Waals surface area (Å²) in [6, 6.07) is 23.0. The van der Waals surface area contributed by atoms with Crippen LogP contribution in [0.25, 0.3) is 0 Å². The van der Waals surface area contributed by atoms with Gasteiger partial charge < -0.3 is 4.90 Å². The summed E-state index contributed by atoms with van der Waals surface area (Å²) in [5, 5.41) is 0. The van der Waals surface area contributed by atoms with Crippen LogP contribution in [0.15, 0.2) is 72.8 Å². The highest BCUT2D eigenvalue weighted by atomic mass is 19.1. The molecule has 1 fully saturated rings. The molecule has 1 amide bonds. The van der Waals surface area contributed by atoms with Crippen LogP contribution in [0.4, 0.5) is 10.1 Å². The minimum atomic E-state index is -0.330. The lowest BCUT2D eigenvalue weighted by atomic mass is 9.99. The van der Waals surface area contributed by atoms with Crippen LogP contribution in [0, 0.1) is 12.7 Å². The Labute approximate surface area is 196 Å².